The SMILES string of the molecule is O=C(c1ccc(I)cc1)N1CCCC(O)(c2ccccc2)C1. The highest BCUT2D eigenvalue weighted by molar-refractivity contribution is 14.1. The first kappa shape index (κ1) is 15.5. The number of hydrogen-bond donors (Lipinski definition) is 1. The number of aliphatic hydroxyl groups is 1. The fourth-order valence-electron chi connectivity index (χ4n) is 2.97. The number of carbonyl (C=O) groups is 1. The van der Waals surface area contributed by atoms with E-state index in [4.69, 9.17) is 0 Å². The Kier molecular flexibility index (Phi) is 4.49. The molecule has 1 amide bonds. The molecule has 2 aromatic carbocycles. The Morgan fingerprint density at radius 3 is 2.45 bits per heavy atom. The van der Waals surface area contributed by atoms with Gasteiger partial charge in [0.2, 0.25) is 0 Å². The van der Waals surface area contributed by atoms with Gasteiger partial charge in [-0.25, -0.2) is 0 Å². The maximum atomic E-state index is 12.6. The fraction of sp³-hybridized carbons (Fsp3) is 0.278. The lowest BCUT2D eigenvalue weighted by molar-refractivity contribution is -0.0289. The van der Waals surface area contributed by atoms with E-state index in [-0.39, 0.29) is 5.91 Å². The summed E-state index contributed by atoms with van der Waals surface area (Å²) in [5.74, 6) is -0.00884. The molecule has 2 aromatic rings. The highest BCUT2D eigenvalue weighted by Gasteiger charge is 2.36. The van der Waals surface area contributed by atoms with E-state index in [9.17, 15) is 9.90 Å². The van der Waals surface area contributed by atoms with E-state index in [1.165, 1.54) is 0 Å². The molecule has 0 aliphatic carbocycles. The summed E-state index contributed by atoms with van der Waals surface area (Å²) >= 11 is 2.22. The van der Waals surface area contributed by atoms with Crippen molar-refractivity contribution in [2.45, 2.75) is 18.4 Å². The van der Waals surface area contributed by atoms with Gasteiger partial charge in [0.25, 0.3) is 5.91 Å². The highest BCUT2D eigenvalue weighted by Crippen LogP contribution is 2.32. The molecule has 1 aliphatic rings. The Bertz CT molecular complexity index is 657. The Morgan fingerprint density at radius 1 is 1.09 bits per heavy atom. The normalized spacial score (nSPS) is 21.6. The first-order valence-corrected chi connectivity index (χ1v) is 8.49. The highest BCUT2D eigenvalue weighted by atomic mass is 127. The number of β-amino-alcohol motifs (C(OH)–C–C–N with tert-alkyl or cyclic N) is 1. The van der Waals surface area contributed by atoms with Crippen LogP contribution in [0, 0.1) is 3.57 Å². The van der Waals surface area contributed by atoms with Gasteiger partial charge in [-0.15, -0.1) is 0 Å². The molecule has 4 heteroatoms. The summed E-state index contributed by atoms with van der Waals surface area (Å²) in [6.07, 6.45) is 1.50. The van der Waals surface area contributed by atoms with Crippen molar-refractivity contribution in [2.24, 2.45) is 0 Å². The molecule has 1 aliphatic heterocycles. The summed E-state index contributed by atoms with van der Waals surface area (Å²) in [6.45, 7) is 1.04. The largest absolute Gasteiger partial charge is 0.383 e. The molecule has 22 heavy (non-hydrogen) atoms. The molecular formula is C18H18INO2. The van der Waals surface area contributed by atoms with Crippen LogP contribution in [0.3, 0.4) is 0 Å². The number of piperidine rings is 1. The Labute approximate surface area is 144 Å². The molecule has 1 heterocycles. The van der Waals surface area contributed by atoms with Crippen molar-refractivity contribution in [1.82, 2.24) is 4.90 Å². The number of likely N-dealkylation sites (tertiary alicyclic amines) is 1. The average molecular weight is 407 g/mol. The quantitative estimate of drug-likeness (QED) is 0.776. The van der Waals surface area contributed by atoms with E-state index in [0.717, 1.165) is 15.6 Å². The zero-order valence-electron chi connectivity index (χ0n) is 12.2. The number of hydrogen-bond acceptors (Lipinski definition) is 2. The Balaban J connectivity index is 1.81. The molecule has 1 atom stereocenters. The molecular weight excluding hydrogens is 389 g/mol. The summed E-state index contributed by atoms with van der Waals surface area (Å²) < 4.78 is 1.11. The molecule has 0 radical (unpaired) electrons. The summed E-state index contributed by atoms with van der Waals surface area (Å²) in [7, 11) is 0. The van der Waals surface area contributed by atoms with E-state index in [1.54, 1.807) is 4.90 Å². The van der Waals surface area contributed by atoms with Crippen molar-refractivity contribution in [1.29, 1.82) is 0 Å². The van der Waals surface area contributed by atoms with Crippen LogP contribution < -0.4 is 0 Å². The van der Waals surface area contributed by atoms with E-state index in [1.807, 2.05) is 54.6 Å². The van der Waals surface area contributed by atoms with Gasteiger partial charge in [-0.05, 0) is 65.3 Å². The molecule has 1 N–H and O–H groups in total. The molecule has 0 spiro atoms. The van der Waals surface area contributed by atoms with Crippen molar-refractivity contribution in [3.63, 3.8) is 0 Å². The minimum atomic E-state index is -0.946. The molecule has 1 unspecified atom stereocenters. The van der Waals surface area contributed by atoms with Crippen LogP contribution in [-0.2, 0) is 5.60 Å². The van der Waals surface area contributed by atoms with Gasteiger partial charge in [0.15, 0.2) is 0 Å². The van der Waals surface area contributed by atoms with Crippen molar-refractivity contribution in [2.75, 3.05) is 13.1 Å². The van der Waals surface area contributed by atoms with Gasteiger partial charge in [-0.2, -0.15) is 0 Å². The molecule has 114 valence electrons. The number of nitrogens with zero attached hydrogens (tertiary/aromatic N) is 1. The first-order valence-electron chi connectivity index (χ1n) is 7.41. The minimum absolute atomic E-state index is 0.00884. The smallest absolute Gasteiger partial charge is 0.253 e. The van der Waals surface area contributed by atoms with Gasteiger partial charge in [0.1, 0.15) is 5.60 Å². The van der Waals surface area contributed by atoms with E-state index < -0.39 is 5.60 Å². The third-order valence-corrected chi connectivity index (χ3v) is 4.88. The monoisotopic (exact) mass is 407 g/mol. The van der Waals surface area contributed by atoms with Gasteiger partial charge in [0.05, 0.1) is 6.54 Å². The standard InChI is InChI=1S/C18H18INO2/c19-16-9-7-14(8-10-16)17(21)20-12-4-11-18(22,13-20)15-5-2-1-3-6-15/h1-3,5-10,22H,4,11-13H2. The van der Waals surface area contributed by atoms with Crippen molar-refractivity contribution >= 4 is 28.5 Å². The van der Waals surface area contributed by atoms with Gasteiger partial charge >= 0.3 is 0 Å². The van der Waals surface area contributed by atoms with E-state index in [2.05, 4.69) is 22.6 Å². The van der Waals surface area contributed by atoms with Crippen molar-refractivity contribution in [3.8, 4) is 0 Å². The maximum Gasteiger partial charge on any atom is 0.253 e. The predicted octanol–water partition coefficient (Wildman–Crippen LogP) is 3.42. The first-order chi connectivity index (χ1) is 10.6. The predicted molar refractivity (Wildman–Crippen MR) is 94.6 cm³/mol. The van der Waals surface area contributed by atoms with E-state index in [0.29, 0.717) is 25.1 Å². The summed E-state index contributed by atoms with van der Waals surface area (Å²) in [5, 5.41) is 11.0. The van der Waals surface area contributed by atoms with Crippen LogP contribution in [-0.4, -0.2) is 29.0 Å². The molecule has 3 rings (SSSR count). The molecule has 0 saturated carbocycles. The number of amides is 1. The zero-order valence-corrected chi connectivity index (χ0v) is 14.4. The van der Waals surface area contributed by atoms with Crippen LogP contribution in [0.4, 0.5) is 0 Å². The average Bonchev–Trinajstić information content (AvgIpc) is 2.56. The lowest BCUT2D eigenvalue weighted by Gasteiger charge is -2.39. The topological polar surface area (TPSA) is 40.5 Å². The van der Waals surface area contributed by atoms with Gasteiger partial charge in [-0.1, -0.05) is 30.3 Å². The fourth-order valence-corrected chi connectivity index (χ4v) is 3.33. The molecule has 1 saturated heterocycles. The summed E-state index contributed by atoms with van der Waals surface area (Å²) in [6, 6.07) is 17.2. The molecule has 3 nitrogen and oxygen atoms in total. The second-order valence-electron chi connectivity index (χ2n) is 5.73. The van der Waals surface area contributed by atoms with Crippen LogP contribution in [0.5, 0.6) is 0 Å². The number of carbonyl (C=O) groups excluding carboxylic acids is 1. The van der Waals surface area contributed by atoms with Gasteiger partial charge in [0, 0.05) is 15.7 Å². The summed E-state index contributed by atoms with van der Waals surface area (Å²) in [5.41, 5.74) is 0.617. The van der Waals surface area contributed by atoms with Gasteiger partial charge < -0.3 is 10.0 Å². The van der Waals surface area contributed by atoms with Crippen LogP contribution in [0.25, 0.3) is 0 Å². The molecule has 0 bridgehead atoms. The van der Waals surface area contributed by atoms with Crippen LogP contribution in [0.1, 0.15) is 28.8 Å². The Hall–Kier alpha value is -1.40. The maximum absolute atomic E-state index is 12.6. The second kappa shape index (κ2) is 6.38. The minimum Gasteiger partial charge on any atom is -0.383 e. The van der Waals surface area contributed by atoms with E-state index >= 15 is 0 Å². The number of rotatable bonds is 2. The molecule has 0 aromatic heterocycles. The number of halogens is 1. The van der Waals surface area contributed by atoms with Crippen LogP contribution >= 0.6 is 22.6 Å². The Morgan fingerprint density at radius 2 is 1.77 bits per heavy atom. The second-order valence-corrected chi connectivity index (χ2v) is 6.98. The van der Waals surface area contributed by atoms with Crippen LogP contribution in [0.2, 0.25) is 0 Å². The third-order valence-electron chi connectivity index (χ3n) is 4.16. The number of benzene rings is 2. The van der Waals surface area contributed by atoms with Crippen LogP contribution in [0.15, 0.2) is 54.6 Å². The lowest BCUT2D eigenvalue weighted by atomic mass is 9.85. The van der Waals surface area contributed by atoms with Crippen molar-refractivity contribution in [3.05, 3.63) is 69.3 Å². The zero-order chi connectivity index (χ0) is 15.6. The third kappa shape index (κ3) is 3.17. The molecule has 1 fully saturated rings. The van der Waals surface area contributed by atoms with Crippen molar-refractivity contribution < 1.29 is 9.90 Å². The summed E-state index contributed by atoms with van der Waals surface area (Å²) in [4.78, 5) is 14.4. The lowest BCUT2D eigenvalue weighted by Crippen LogP contribution is -2.48. The van der Waals surface area contributed by atoms with Gasteiger partial charge in [-0.3, -0.25) is 4.79 Å².